The minimum atomic E-state index is -0.695. The number of carbonyl (C=O) groups is 1. The summed E-state index contributed by atoms with van der Waals surface area (Å²) in [5, 5.41) is 14.6. The lowest BCUT2D eigenvalue weighted by molar-refractivity contribution is -0.137. The number of carbonyl (C=O) groups excluding carboxylic acids is 1. The average Bonchev–Trinajstić information content (AvgIpc) is 2.95. The average molecular weight is 348 g/mol. The summed E-state index contributed by atoms with van der Waals surface area (Å²) in [6.07, 6.45) is 1.44. The summed E-state index contributed by atoms with van der Waals surface area (Å²) in [4.78, 5) is 31.5. The topological polar surface area (TPSA) is 120 Å². The zero-order valence-corrected chi connectivity index (χ0v) is 13.5. The number of thioether (sulfide) groups is 1. The van der Waals surface area contributed by atoms with Crippen LogP contribution >= 0.6 is 11.8 Å². The van der Waals surface area contributed by atoms with E-state index < -0.39 is 11.6 Å². The minimum Gasteiger partial charge on any atom is -0.507 e. The molecule has 0 aromatic carbocycles. The van der Waals surface area contributed by atoms with E-state index in [-0.39, 0.29) is 33.7 Å². The Kier molecular flexibility index (Phi) is 4.21. The molecule has 0 bridgehead atoms. The summed E-state index contributed by atoms with van der Waals surface area (Å²) >= 11 is 1.07. The van der Waals surface area contributed by atoms with Crippen molar-refractivity contribution in [1.29, 1.82) is 0 Å². The molecule has 0 aliphatic rings. The highest BCUT2D eigenvalue weighted by Crippen LogP contribution is 2.26. The maximum absolute atomic E-state index is 12.1. The van der Waals surface area contributed by atoms with Crippen LogP contribution in [-0.2, 0) is 9.53 Å². The van der Waals surface area contributed by atoms with E-state index in [0.29, 0.717) is 5.76 Å². The molecule has 0 aliphatic carbocycles. The Hall–Kier alpha value is -2.88. The molecule has 0 amide bonds. The third-order valence-electron chi connectivity index (χ3n) is 3.08. The molecular formula is C14H12N4O5S. The smallest absolute Gasteiger partial charge is 0.349 e. The summed E-state index contributed by atoms with van der Waals surface area (Å²) in [5.41, 5.74) is -0.453. The first-order chi connectivity index (χ1) is 11.5. The lowest BCUT2D eigenvalue weighted by atomic mass is 10.2. The number of rotatable bonds is 4. The molecule has 9 nitrogen and oxygen atoms in total. The van der Waals surface area contributed by atoms with E-state index in [1.54, 1.807) is 6.92 Å². The molecule has 0 spiro atoms. The predicted octanol–water partition coefficient (Wildman–Crippen LogP) is 1.02. The highest BCUT2D eigenvalue weighted by atomic mass is 32.2. The zero-order valence-electron chi connectivity index (χ0n) is 12.7. The second-order valence-corrected chi connectivity index (χ2v) is 5.65. The fourth-order valence-electron chi connectivity index (χ4n) is 2.04. The summed E-state index contributed by atoms with van der Waals surface area (Å²) in [6.45, 7) is 1.56. The second kappa shape index (κ2) is 6.32. The quantitative estimate of drug-likeness (QED) is 0.544. The van der Waals surface area contributed by atoms with Gasteiger partial charge in [-0.3, -0.25) is 4.79 Å². The van der Waals surface area contributed by atoms with Crippen LogP contribution in [0.25, 0.3) is 17.0 Å². The van der Waals surface area contributed by atoms with Crippen molar-refractivity contribution in [3.63, 3.8) is 0 Å². The van der Waals surface area contributed by atoms with Crippen LogP contribution < -0.4 is 5.63 Å². The van der Waals surface area contributed by atoms with Gasteiger partial charge in [-0.15, -0.1) is 5.10 Å². The van der Waals surface area contributed by atoms with Crippen LogP contribution in [0.2, 0.25) is 0 Å². The predicted molar refractivity (Wildman–Crippen MR) is 83.9 cm³/mol. The Morgan fingerprint density at radius 3 is 3.00 bits per heavy atom. The van der Waals surface area contributed by atoms with Crippen molar-refractivity contribution in [1.82, 2.24) is 19.6 Å². The molecular weight excluding hydrogens is 336 g/mol. The van der Waals surface area contributed by atoms with Crippen LogP contribution in [0.1, 0.15) is 5.76 Å². The van der Waals surface area contributed by atoms with Crippen LogP contribution in [0, 0.1) is 6.92 Å². The van der Waals surface area contributed by atoms with E-state index in [2.05, 4.69) is 19.8 Å². The van der Waals surface area contributed by atoms with Crippen LogP contribution in [0.15, 0.2) is 32.7 Å². The number of esters is 1. The summed E-state index contributed by atoms with van der Waals surface area (Å²) in [7, 11) is 1.29. The number of aromatic nitrogens is 4. The van der Waals surface area contributed by atoms with Crippen molar-refractivity contribution in [3.05, 3.63) is 34.5 Å². The first kappa shape index (κ1) is 16.0. The highest BCUT2D eigenvalue weighted by Gasteiger charge is 2.18. The molecule has 24 heavy (non-hydrogen) atoms. The maximum atomic E-state index is 12.1. The van der Waals surface area contributed by atoms with E-state index in [4.69, 9.17) is 4.42 Å². The molecule has 0 fully saturated rings. The Morgan fingerprint density at radius 1 is 1.50 bits per heavy atom. The molecule has 10 heteroatoms. The zero-order chi connectivity index (χ0) is 17.3. The van der Waals surface area contributed by atoms with Gasteiger partial charge in [-0.2, -0.15) is 9.50 Å². The standard InChI is InChI=1S/C14H12N4O5S/c1-7-5-9(19)11(12(21)23-7)8-3-4-15-13-16-14(17-18(8)13)24-6-10(20)22-2/h3-5,19H,6H2,1-2H3. The van der Waals surface area contributed by atoms with Gasteiger partial charge in [0, 0.05) is 12.3 Å². The van der Waals surface area contributed by atoms with Crippen molar-refractivity contribution >= 4 is 23.5 Å². The van der Waals surface area contributed by atoms with Gasteiger partial charge in [-0.1, -0.05) is 11.8 Å². The van der Waals surface area contributed by atoms with Crippen molar-refractivity contribution in [2.75, 3.05) is 12.9 Å². The van der Waals surface area contributed by atoms with Gasteiger partial charge in [-0.25, -0.2) is 9.78 Å². The largest absolute Gasteiger partial charge is 0.507 e. The normalized spacial score (nSPS) is 10.9. The first-order valence-corrected chi connectivity index (χ1v) is 7.73. The van der Waals surface area contributed by atoms with E-state index in [9.17, 15) is 14.7 Å². The molecule has 124 valence electrons. The maximum Gasteiger partial charge on any atom is 0.349 e. The number of hydrogen-bond acceptors (Lipinski definition) is 9. The lowest BCUT2D eigenvalue weighted by Gasteiger charge is -2.05. The van der Waals surface area contributed by atoms with Crippen LogP contribution in [0.3, 0.4) is 0 Å². The number of aryl methyl sites for hydroxylation is 1. The monoisotopic (exact) mass is 348 g/mol. The van der Waals surface area contributed by atoms with E-state index in [1.165, 1.54) is 30.0 Å². The molecule has 0 saturated heterocycles. The SMILES string of the molecule is COC(=O)CSc1nc2nccc(-c3c(O)cc(C)oc3=O)n2n1. The molecule has 3 aromatic rings. The van der Waals surface area contributed by atoms with Crippen molar-refractivity contribution in [3.8, 4) is 17.0 Å². The molecule has 0 atom stereocenters. The number of aromatic hydroxyl groups is 1. The van der Waals surface area contributed by atoms with Gasteiger partial charge in [0.15, 0.2) is 0 Å². The van der Waals surface area contributed by atoms with Gasteiger partial charge < -0.3 is 14.3 Å². The number of nitrogens with zero attached hydrogens (tertiary/aromatic N) is 4. The van der Waals surface area contributed by atoms with Crippen LogP contribution in [0.4, 0.5) is 0 Å². The second-order valence-electron chi connectivity index (χ2n) is 4.71. The van der Waals surface area contributed by atoms with Gasteiger partial charge in [0.25, 0.3) is 5.78 Å². The van der Waals surface area contributed by atoms with Crippen molar-refractivity contribution in [2.24, 2.45) is 0 Å². The van der Waals surface area contributed by atoms with Gasteiger partial charge >= 0.3 is 11.6 Å². The molecule has 1 N–H and O–H groups in total. The molecule has 0 radical (unpaired) electrons. The molecule has 0 saturated carbocycles. The fraction of sp³-hybridized carbons (Fsp3) is 0.214. The Bertz CT molecular complexity index is 981. The third-order valence-corrected chi connectivity index (χ3v) is 3.89. The fourth-order valence-corrected chi connectivity index (χ4v) is 2.69. The summed E-state index contributed by atoms with van der Waals surface area (Å²) < 4.78 is 10.9. The van der Waals surface area contributed by atoms with E-state index in [1.807, 2.05) is 0 Å². The number of methoxy groups -OCH3 is 1. The molecule has 3 rings (SSSR count). The lowest BCUT2D eigenvalue weighted by Crippen LogP contribution is -2.08. The Morgan fingerprint density at radius 2 is 2.29 bits per heavy atom. The Balaban J connectivity index is 2.08. The summed E-state index contributed by atoms with van der Waals surface area (Å²) in [5.74, 6) is -0.0845. The van der Waals surface area contributed by atoms with Crippen LogP contribution in [-0.4, -0.2) is 43.5 Å². The minimum absolute atomic E-state index is 0.0394. The van der Waals surface area contributed by atoms with E-state index in [0.717, 1.165) is 11.8 Å². The van der Waals surface area contributed by atoms with Gasteiger partial charge in [-0.05, 0) is 13.0 Å². The number of hydrogen-bond donors (Lipinski definition) is 1. The third kappa shape index (κ3) is 2.95. The van der Waals surface area contributed by atoms with Gasteiger partial charge in [0.2, 0.25) is 5.16 Å². The van der Waals surface area contributed by atoms with Gasteiger partial charge in [0.1, 0.15) is 17.1 Å². The Labute approximate surface area is 139 Å². The number of ether oxygens (including phenoxy) is 1. The van der Waals surface area contributed by atoms with Crippen LogP contribution in [0.5, 0.6) is 5.75 Å². The van der Waals surface area contributed by atoms with E-state index >= 15 is 0 Å². The van der Waals surface area contributed by atoms with Crippen molar-refractivity contribution in [2.45, 2.75) is 12.1 Å². The molecule has 3 aromatic heterocycles. The molecule has 0 unspecified atom stereocenters. The molecule has 3 heterocycles. The highest BCUT2D eigenvalue weighted by molar-refractivity contribution is 7.99. The van der Waals surface area contributed by atoms with Gasteiger partial charge in [0.05, 0.1) is 18.6 Å². The number of fused-ring (bicyclic) bond motifs is 1. The first-order valence-electron chi connectivity index (χ1n) is 6.75. The summed E-state index contributed by atoms with van der Waals surface area (Å²) in [6, 6.07) is 2.85. The molecule has 0 aliphatic heterocycles. The van der Waals surface area contributed by atoms with Crippen molar-refractivity contribution < 1.29 is 19.1 Å².